The third-order valence-corrected chi connectivity index (χ3v) is 7.74. The molecular formula is C11H14BrNO4S2. The van der Waals surface area contributed by atoms with E-state index < -0.39 is 21.9 Å². The summed E-state index contributed by atoms with van der Waals surface area (Å²) in [6.45, 7) is 3.90. The largest absolute Gasteiger partial charge is 0.481 e. The molecule has 8 heteroatoms. The maximum absolute atomic E-state index is 12.4. The SMILES string of the molecule is Cc1cc(S(=O)(=O)N2C[C@@H](C)[C@H](C(=O)O)C2)sc1Br. The Morgan fingerprint density at radius 1 is 1.53 bits per heavy atom. The molecule has 5 nitrogen and oxygen atoms in total. The number of halogens is 1. The summed E-state index contributed by atoms with van der Waals surface area (Å²) in [5.74, 6) is -1.73. The van der Waals surface area contributed by atoms with E-state index in [0.717, 1.165) is 20.7 Å². The van der Waals surface area contributed by atoms with E-state index in [2.05, 4.69) is 15.9 Å². The van der Waals surface area contributed by atoms with E-state index in [4.69, 9.17) is 5.11 Å². The number of aryl methyl sites for hydroxylation is 1. The monoisotopic (exact) mass is 367 g/mol. The predicted octanol–water partition coefficient (Wildman–Crippen LogP) is 2.16. The van der Waals surface area contributed by atoms with Crippen LogP contribution < -0.4 is 0 Å². The van der Waals surface area contributed by atoms with Crippen molar-refractivity contribution in [2.75, 3.05) is 13.1 Å². The molecular weight excluding hydrogens is 354 g/mol. The van der Waals surface area contributed by atoms with Crippen molar-refractivity contribution in [1.29, 1.82) is 0 Å². The highest BCUT2D eigenvalue weighted by Gasteiger charge is 2.41. The maximum atomic E-state index is 12.4. The van der Waals surface area contributed by atoms with Crippen LogP contribution in [0, 0.1) is 18.8 Å². The lowest BCUT2D eigenvalue weighted by atomic mass is 9.99. The zero-order valence-electron chi connectivity index (χ0n) is 10.5. The molecule has 0 bridgehead atoms. The number of hydrogen-bond acceptors (Lipinski definition) is 4. The van der Waals surface area contributed by atoms with Crippen molar-refractivity contribution in [3.8, 4) is 0 Å². The smallest absolute Gasteiger partial charge is 0.308 e. The number of hydrogen-bond donors (Lipinski definition) is 1. The van der Waals surface area contributed by atoms with Gasteiger partial charge in [0.15, 0.2) is 0 Å². The first kappa shape index (κ1) is 15.0. The number of aliphatic carboxylic acids is 1. The Morgan fingerprint density at radius 3 is 2.58 bits per heavy atom. The average Bonchev–Trinajstić information content (AvgIpc) is 2.84. The van der Waals surface area contributed by atoms with Crippen LogP contribution in [-0.4, -0.2) is 36.9 Å². The third kappa shape index (κ3) is 2.72. The van der Waals surface area contributed by atoms with Crippen molar-refractivity contribution in [2.45, 2.75) is 18.1 Å². The predicted molar refractivity (Wildman–Crippen MR) is 75.8 cm³/mol. The molecule has 2 heterocycles. The zero-order valence-corrected chi connectivity index (χ0v) is 13.7. The Bertz CT molecular complexity index is 591. The van der Waals surface area contributed by atoms with E-state index in [1.54, 1.807) is 13.0 Å². The molecule has 2 atom stereocenters. The van der Waals surface area contributed by atoms with Crippen LogP contribution in [0.1, 0.15) is 12.5 Å². The molecule has 2 rings (SSSR count). The van der Waals surface area contributed by atoms with Crippen LogP contribution in [0.5, 0.6) is 0 Å². The first-order valence-corrected chi connectivity index (χ1v) is 8.77. The molecule has 106 valence electrons. The Morgan fingerprint density at radius 2 is 2.16 bits per heavy atom. The molecule has 0 aromatic carbocycles. The van der Waals surface area contributed by atoms with Gasteiger partial charge in [-0.2, -0.15) is 4.31 Å². The minimum Gasteiger partial charge on any atom is -0.481 e. The Kier molecular flexibility index (Phi) is 4.06. The van der Waals surface area contributed by atoms with Crippen molar-refractivity contribution in [2.24, 2.45) is 11.8 Å². The quantitative estimate of drug-likeness (QED) is 0.887. The summed E-state index contributed by atoms with van der Waals surface area (Å²) < 4.78 is 27.2. The molecule has 0 saturated carbocycles. The highest BCUT2D eigenvalue weighted by molar-refractivity contribution is 9.11. The van der Waals surface area contributed by atoms with Gasteiger partial charge in [0, 0.05) is 13.1 Å². The molecule has 0 radical (unpaired) electrons. The van der Waals surface area contributed by atoms with E-state index in [0.29, 0.717) is 0 Å². The topological polar surface area (TPSA) is 74.7 Å². The number of nitrogens with zero attached hydrogens (tertiary/aromatic N) is 1. The number of carboxylic acids is 1. The van der Waals surface area contributed by atoms with Crippen molar-refractivity contribution in [1.82, 2.24) is 4.31 Å². The van der Waals surface area contributed by atoms with Gasteiger partial charge in [0.1, 0.15) is 4.21 Å². The van der Waals surface area contributed by atoms with E-state index in [9.17, 15) is 13.2 Å². The van der Waals surface area contributed by atoms with E-state index >= 15 is 0 Å². The lowest BCUT2D eigenvalue weighted by molar-refractivity contribution is -0.142. The van der Waals surface area contributed by atoms with Gasteiger partial charge in [-0.05, 0) is 40.4 Å². The minimum absolute atomic E-state index is 0.0490. The molecule has 1 aromatic rings. The highest BCUT2D eigenvalue weighted by atomic mass is 79.9. The van der Waals surface area contributed by atoms with Gasteiger partial charge in [-0.15, -0.1) is 11.3 Å². The van der Waals surface area contributed by atoms with Crippen molar-refractivity contribution in [3.05, 3.63) is 15.4 Å². The molecule has 1 saturated heterocycles. The minimum atomic E-state index is -3.58. The molecule has 0 spiro atoms. The van der Waals surface area contributed by atoms with Gasteiger partial charge in [0.25, 0.3) is 10.0 Å². The summed E-state index contributed by atoms with van der Waals surface area (Å²) in [4.78, 5) is 11.1. The van der Waals surface area contributed by atoms with Crippen LogP contribution in [0.15, 0.2) is 14.1 Å². The number of sulfonamides is 1. The fraction of sp³-hybridized carbons (Fsp3) is 0.545. The van der Waals surface area contributed by atoms with Crippen LogP contribution in [0.3, 0.4) is 0 Å². The molecule has 0 unspecified atom stereocenters. The third-order valence-electron chi connectivity index (χ3n) is 3.32. The van der Waals surface area contributed by atoms with Gasteiger partial charge in [0.05, 0.1) is 9.70 Å². The Balaban J connectivity index is 2.29. The molecule has 1 fully saturated rings. The van der Waals surface area contributed by atoms with Crippen molar-refractivity contribution in [3.63, 3.8) is 0 Å². The first-order valence-electron chi connectivity index (χ1n) is 5.72. The van der Waals surface area contributed by atoms with Crippen molar-refractivity contribution >= 4 is 43.3 Å². The van der Waals surface area contributed by atoms with Crippen LogP contribution in [-0.2, 0) is 14.8 Å². The molecule has 1 aliphatic heterocycles. The van der Waals surface area contributed by atoms with E-state index in [-0.39, 0.29) is 23.2 Å². The van der Waals surface area contributed by atoms with Gasteiger partial charge >= 0.3 is 5.97 Å². The van der Waals surface area contributed by atoms with Gasteiger partial charge < -0.3 is 5.11 Å². The zero-order chi connectivity index (χ0) is 14.4. The second kappa shape index (κ2) is 5.16. The second-order valence-electron chi connectivity index (χ2n) is 4.77. The number of rotatable bonds is 3. The van der Waals surface area contributed by atoms with Gasteiger partial charge in [0.2, 0.25) is 0 Å². The second-order valence-corrected chi connectivity index (χ2v) is 9.30. The lowest BCUT2D eigenvalue weighted by Gasteiger charge is -2.14. The van der Waals surface area contributed by atoms with Gasteiger partial charge in [-0.3, -0.25) is 4.79 Å². The number of carboxylic acid groups (broad SMARTS) is 1. The molecule has 1 aromatic heterocycles. The van der Waals surface area contributed by atoms with E-state index in [1.165, 1.54) is 4.31 Å². The molecule has 0 aliphatic carbocycles. The fourth-order valence-electron chi connectivity index (χ4n) is 2.13. The van der Waals surface area contributed by atoms with Crippen LogP contribution in [0.4, 0.5) is 0 Å². The van der Waals surface area contributed by atoms with Crippen LogP contribution in [0.25, 0.3) is 0 Å². The highest BCUT2D eigenvalue weighted by Crippen LogP contribution is 2.35. The van der Waals surface area contributed by atoms with Crippen molar-refractivity contribution < 1.29 is 18.3 Å². The molecule has 19 heavy (non-hydrogen) atoms. The number of carbonyl (C=O) groups is 1. The van der Waals surface area contributed by atoms with Gasteiger partial charge in [-0.25, -0.2) is 8.42 Å². The van der Waals surface area contributed by atoms with Crippen LogP contribution >= 0.6 is 27.3 Å². The van der Waals surface area contributed by atoms with E-state index in [1.807, 2.05) is 6.92 Å². The summed E-state index contributed by atoms with van der Waals surface area (Å²) in [7, 11) is -3.58. The Labute approximate surface area is 124 Å². The maximum Gasteiger partial charge on any atom is 0.308 e. The molecule has 1 N–H and O–H groups in total. The fourth-order valence-corrected chi connectivity index (χ4v) is 6.07. The summed E-state index contributed by atoms with van der Waals surface area (Å²) in [6, 6.07) is 1.61. The van der Waals surface area contributed by atoms with Gasteiger partial charge in [-0.1, -0.05) is 6.92 Å². The normalized spacial score (nSPS) is 24.8. The molecule has 1 aliphatic rings. The summed E-state index contributed by atoms with van der Waals surface area (Å²) in [5, 5.41) is 9.06. The summed E-state index contributed by atoms with van der Waals surface area (Å²) in [5.41, 5.74) is 0.866. The Hall–Kier alpha value is -0.440. The standard InChI is InChI=1S/C11H14BrNO4S2/c1-6-3-9(18-10(6)12)19(16,17)13-4-7(2)8(5-13)11(14)15/h3,7-8H,4-5H2,1-2H3,(H,14,15)/t7-,8-/m1/s1. The summed E-state index contributed by atoms with van der Waals surface area (Å²) >= 11 is 4.46. The summed E-state index contributed by atoms with van der Waals surface area (Å²) in [6.07, 6.45) is 0. The number of thiophene rings is 1. The first-order chi connectivity index (χ1) is 8.73. The van der Waals surface area contributed by atoms with Crippen LogP contribution in [0.2, 0.25) is 0 Å². The molecule has 0 amide bonds. The lowest BCUT2D eigenvalue weighted by Crippen LogP contribution is -2.29. The average molecular weight is 368 g/mol.